The predicted octanol–water partition coefficient (Wildman–Crippen LogP) is 5.78. The molecule has 0 aliphatic carbocycles. The molecule has 0 bridgehead atoms. The first-order valence-corrected chi connectivity index (χ1v) is 9.01. The van der Waals surface area contributed by atoms with Gasteiger partial charge in [-0.15, -0.1) is 13.2 Å². The summed E-state index contributed by atoms with van der Waals surface area (Å²) in [5, 5.41) is 2.85. The Bertz CT molecular complexity index is 1260. The van der Waals surface area contributed by atoms with Gasteiger partial charge in [0.1, 0.15) is 11.6 Å². The maximum atomic E-state index is 12.7. The van der Waals surface area contributed by atoms with Gasteiger partial charge in [0, 0.05) is 11.8 Å². The molecule has 12 heteroatoms. The Labute approximate surface area is 176 Å². The molecule has 2 aromatic carbocycles. The maximum Gasteiger partial charge on any atom is 0.573 e. The summed E-state index contributed by atoms with van der Waals surface area (Å²) >= 11 is 0. The van der Waals surface area contributed by atoms with E-state index in [2.05, 4.69) is 25.0 Å². The van der Waals surface area contributed by atoms with Crippen molar-refractivity contribution in [2.75, 3.05) is 5.32 Å². The third-order valence-corrected chi connectivity index (χ3v) is 4.36. The van der Waals surface area contributed by atoms with E-state index in [9.17, 15) is 26.3 Å². The van der Waals surface area contributed by atoms with Gasteiger partial charge >= 0.3 is 12.5 Å². The molecule has 0 saturated carbocycles. The number of rotatable bonds is 4. The van der Waals surface area contributed by atoms with Crippen LogP contribution in [0.1, 0.15) is 11.4 Å². The first kappa shape index (κ1) is 21.4. The number of benzene rings is 2. The van der Waals surface area contributed by atoms with Crippen LogP contribution in [-0.4, -0.2) is 25.9 Å². The standard InChI is InChI=1S/C20H13F6N5O/c1-11-28-15-7-6-14(32-20(24,25)26)8-16(15)31(11)18-10-27-9-17(30-18)29-13-4-2-12(3-5-13)19(21,22)23/h2-10H,1H3,(H,29,30). The molecule has 0 radical (unpaired) electrons. The van der Waals surface area contributed by atoms with Crippen LogP contribution in [0.2, 0.25) is 0 Å². The molecule has 166 valence electrons. The Hall–Kier alpha value is -3.83. The fraction of sp³-hybridized carbons (Fsp3) is 0.150. The second-order valence-corrected chi connectivity index (χ2v) is 6.66. The molecular weight excluding hydrogens is 440 g/mol. The molecule has 0 aliphatic rings. The molecule has 2 aromatic heterocycles. The van der Waals surface area contributed by atoms with Crippen molar-refractivity contribution in [1.82, 2.24) is 19.5 Å². The summed E-state index contributed by atoms with van der Waals surface area (Å²) in [6.45, 7) is 1.64. The van der Waals surface area contributed by atoms with Crippen molar-refractivity contribution in [3.05, 3.63) is 66.2 Å². The number of nitrogens with zero attached hydrogens (tertiary/aromatic N) is 4. The van der Waals surface area contributed by atoms with Gasteiger partial charge in [0.15, 0.2) is 11.6 Å². The van der Waals surface area contributed by atoms with Crippen molar-refractivity contribution in [2.24, 2.45) is 0 Å². The molecule has 0 saturated heterocycles. The van der Waals surface area contributed by atoms with Crippen molar-refractivity contribution < 1.29 is 31.1 Å². The van der Waals surface area contributed by atoms with Crippen molar-refractivity contribution >= 4 is 22.5 Å². The van der Waals surface area contributed by atoms with Crippen LogP contribution >= 0.6 is 0 Å². The molecule has 2 heterocycles. The Balaban J connectivity index is 1.67. The quantitative estimate of drug-likeness (QED) is 0.397. The van der Waals surface area contributed by atoms with Crippen molar-refractivity contribution in [1.29, 1.82) is 0 Å². The lowest BCUT2D eigenvalue weighted by molar-refractivity contribution is -0.274. The van der Waals surface area contributed by atoms with Crippen LogP contribution in [-0.2, 0) is 6.18 Å². The van der Waals surface area contributed by atoms with Gasteiger partial charge in [-0.1, -0.05) is 0 Å². The molecule has 0 aliphatic heterocycles. The van der Waals surface area contributed by atoms with Crippen LogP contribution in [0.5, 0.6) is 5.75 Å². The fourth-order valence-electron chi connectivity index (χ4n) is 3.08. The number of aryl methyl sites for hydroxylation is 1. The van der Waals surface area contributed by atoms with E-state index in [1.165, 1.54) is 41.2 Å². The Kier molecular flexibility index (Phi) is 5.15. The summed E-state index contributed by atoms with van der Waals surface area (Å²) in [7, 11) is 0. The highest BCUT2D eigenvalue weighted by Crippen LogP contribution is 2.31. The molecule has 0 atom stereocenters. The van der Waals surface area contributed by atoms with Crippen LogP contribution in [0.15, 0.2) is 54.9 Å². The molecule has 6 nitrogen and oxygen atoms in total. The number of anilines is 2. The number of hydrogen-bond donors (Lipinski definition) is 1. The minimum atomic E-state index is -4.85. The van der Waals surface area contributed by atoms with Crippen LogP contribution < -0.4 is 10.1 Å². The average Bonchev–Trinajstić information content (AvgIpc) is 3.02. The molecule has 0 spiro atoms. The zero-order valence-electron chi connectivity index (χ0n) is 16.2. The number of imidazole rings is 1. The van der Waals surface area contributed by atoms with E-state index in [1.807, 2.05) is 0 Å². The number of aromatic nitrogens is 4. The Morgan fingerprint density at radius 3 is 2.28 bits per heavy atom. The molecule has 4 rings (SSSR count). The van der Waals surface area contributed by atoms with Gasteiger partial charge in [-0.2, -0.15) is 13.2 Å². The molecule has 32 heavy (non-hydrogen) atoms. The highest BCUT2D eigenvalue weighted by molar-refractivity contribution is 5.79. The molecule has 4 aromatic rings. The number of nitrogens with one attached hydrogen (secondary N) is 1. The van der Waals surface area contributed by atoms with E-state index >= 15 is 0 Å². The summed E-state index contributed by atoms with van der Waals surface area (Å²) in [5.74, 6) is 0.473. The van der Waals surface area contributed by atoms with Crippen molar-refractivity contribution in [3.8, 4) is 11.6 Å². The van der Waals surface area contributed by atoms with Gasteiger partial charge in [-0.3, -0.25) is 9.55 Å². The molecular formula is C20H13F6N5O. The van der Waals surface area contributed by atoms with Crippen LogP contribution in [0.4, 0.5) is 37.8 Å². The Morgan fingerprint density at radius 1 is 0.906 bits per heavy atom. The zero-order chi connectivity index (χ0) is 23.1. The predicted molar refractivity (Wildman–Crippen MR) is 103 cm³/mol. The van der Waals surface area contributed by atoms with Crippen LogP contribution in [0, 0.1) is 6.92 Å². The Morgan fingerprint density at radius 2 is 1.62 bits per heavy atom. The first-order valence-electron chi connectivity index (χ1n) is 9.01. The molecule has 1 N–H and O–H groups in total. The smallest absolute Gasteiger partial charge is 0.406 e. The van der Waals surface area contributed by atoms with Crippen LogP contribution in [0.25, 0.3) is 16.9 Å². The third kappa shape index (κ3) is 4.58. The highest BCUT2D eigenvalue weighted by atomic mass is 19.4. The van der Waals surface area contributed by atoms with Gasteiger partial charge in [-0.05, 0) is 43.3 Å². The molecule has 0 unspecified atom stereocenters. The largest absolute Gasteiger partial charge is 0.573 e. The highest BCUT2D eigenvalue weighted by Gasteiger charge is 2.31. The van der Waals surface area contributed by atoms with E-state index in [1.54, 1.807) is 6.92 Å². The molecule has 0 fully saturated rings. The van der Waals surface area contributed by atoms with Crippen molar-refractivity contribution in [3.63, 3.8) is 0 Å². The maximum absolute atomic E-state index is 12.7. The lowest BCUT2D eigenvalue weighted by atomic mass is 10.2. The topological polar surface area (TPSA) is 64.9 Å². The second kappa shape index (κ2) is 7.70. The number of hydrogen-bond acceptors (Lipinski definition) is 5. The number of fused-ring (bicyclic) bond motifs is 1. The van der Waals surface area contributed by atoms with Crippen LogP contribution in [0.3, 0.4) is 0 Å². The lowest BCUT2D eigenvalue weighted by Crippen LogP contribution is -2.17. The van der Waals surface area contributed by atoms with Crippen molar-refractivity contribution in [2.45, 2.75) is 19.5 Å². The summed E-state index contributed by atoms with van der Waals surface area (Å²) in [6, 6.07) is 8.06. The van der Waals surface area contributed by atoms with Gasteiger partial charge in [0.05, 0.1) is 29.0 Å². The summed E-state index contributed by atoms with van der Waals surface area (Å²) in [4.78, 5) is 12.7. The number of ether oxygens (including phenoxy) is 1. The fourth-order valence-corrected chi connectivity index (χ4v) is 3.08. The third-order valence-electron chi connectivity index (χ3n) is 4.36. The van der Waals surface area contributed by atoms with Gasteiger partial charge in [0.2, 0.25) is 0 Å². The second-order valence-electron chi connectivity index (χ2n) is 6.66. The van der Waals surface area contributed by atoms with Gasteiger partial charge < -0.3 is 10.1 Å². The summed E-state index contributed by atoms with van der Waals surface area (Å²) in [6.07, 6.45) is -6.57. The monoisotopic (exact) mass is 453 g/mol. The summed E-state index contributed by atoms with van der Waals surface area (Å²) in [5.41, 5.74) is 0.281. The van der Waals surface area contributed by atoms with E-state index in [4.69, 9.17) is 0 Å². The number of halogens is 6. The first-order chi connectivity index (χ1) is 15.0. The molecule has 0 amide bonds. The zero-order valence-corrected chi connectivity index (χ0v) is 16.2. The van der Waals surface area contributed by atoms with E-state index < -0.39 is 23.9 Å². The van der Waals surface area contributed by atoms with E-state index in [0.29, 0.717) is 22.5 Å². The van der Waals surface area contributed by atoms with Gasteiger partial charge in [-0.25, -0.2) is 9.97 Å². The van der Waals surface area contributed by atoms with E-state index in [0.717, 1.165) is 18.2 Å². The number of alkyl halides is 6. The normalized spacial score (nSPS) is 12.2. The minimum Gasteiger partial charge on any atom is -0.406 e. The summed E-state index contributed by atoms with van der Waals surface area (Å²) < 4.78 is 81.4. The lowest BCUT2D eigenvalue weighted by Gasteiger charge is -2.11. The SMILES string of the molecule is Cc1nc2ccc(OC(F)(F)F)cc2n1-c1cncc(Nc2ccc(C(F)(F)F)cc2)n1. The minimum absolute atomic E-state index is 0.214. The van der Waals surface area contributed by atoms with E-state index in [-0.39, 0.29) is 11.6 Å². The average molecular weight is 453 g/mol. The van der Waals surface area contributed by atoms with Gasteiger partial charge in [0.25, 0.3) is 0 Å².